The summed E-state index contributed by atoms with van der Waals surface area (Å²) < 4.78 is 2.60. The van der Waals surface area contributed by atoms with Crippen molar-refractivity contribution in [3.8, 4) is 0 Å². The average molecular weight is 314 g/mol. The van der Waals surface area contributed by atoms with E-state index in [1.165, 1.54) is 0 Å². The van der Waals surface area contributed by atoms with Gasteiger partial charge in [0.05, 0.1) is 6.57 Å². The molecule has 0 bridgehead atoms. The molecule has 2 heterocycles. The zero-order valence-electron chi connectivity index (χ0n) is 9.71. The third-order valence-electron chi connectivity index (χ3n) is 2.60. The molecule has 0 spiro atoms. The van der Waals surface area contributed by atoms with Crippen LogP contribution in [-0.2, 0) is 0 Å². The van der Waals surface area contributed by atoms with Crippen LogP contribution in [0.1, 0.15) is 0 Å². The van der Waals surface area contributed by atoms with Crippen LogP contribution in [0.4, 0.5) is 17.2 Å². The topological polar surface area (TPSA) is 46.6 Å². The number of hydrogen-bond acceptors (Lipinski definition) is 3. The molecule has 3 rings (SSSR count). The van der Waals surface area contributed by atoms with Gasteiger partial charge in [-0.1, -0.05) is 12.1 Å². The molecule has 3 aromatic rings. The van der Waals surface area contributed by atoms with E-state index < -0.39 is 0 Å². The molecule has 0 amide bonds. The monoisotopic (exact) mass is 313 g/mol. The van der Waals surface area contributed by atoms with Gasteiger partial charge in [-0.05, 0) is 28.1 Å². The van der Waals surface area contributed by atoms with Crippen LogP contribution in [0.5, 0.6) is 0 Å². The predicted octanol–water partition coefficient (Wildman–Crippen LogP) is 3.79. The average Bonchev–Trinajstić information content (AvgIpc) is 2.88. The van der Waals surface area contributed by atoms with Crippen LogP contribution in [0.25, 0.3) is 10.5 Å². The molecule has 6 heteroatoms. The molecule has 0 aliphatic rings. The number of aromatic nitrogens is 3. The first kappa shape index (κ1) is 11.7. The second kappa shape index (κ2) is 4.71. The van der Waals surface area contributed by atoms with Gasteiger partial charge in [-0.2, -0.15) is 0 Å². The first-order chi connectivity index (χ1) is 9.26. The van der Waals surface area contributed by atoms with Gasteiger partial charge in [0.15, 0.2) is 17.2 Å². The Morgan fingerprint density at radius 1 is 1.26 bits per heavy atom. The maximum atomic E-state index is 6.92. The van der Waals surface area contributed by atoms with E-state index in [0.29, 0.717) is 11.5 Å². The normalized spacial score (nSPS) is 10.3. The van der Waals surface area contributed by atoms with Crippen molar-refractivity contribution in [3.63, 3.8) is 0 Å². The van der Waals surface area contributed by atoms with E-state index in [9.17, 15) is 0 Å². The van der Waals surface area contributed by atoms with Gasteiger partial charge in [-0.25, -0.2) is 14.8 Å². The molecule has 0 radical (unpaired) electrons. The van der Waals surface area contributed by atoms with Crippen LogP contribution in [-0.4, -0.2) is 14.4 Å². The molecule has 0 atom stereocenters. The Balaban J connectivity index is 2.00. The summed E-state index contributed by atoms with van der Waals surface area (Å²) in [7, 11) is 0. The lowest BCUT2D eigenvalue weighted by Crippen LogP contribution is -1.98. The minimum Gasteiger partial charge on any atom is -0.337 e. The van der Waals surface area contributed by atoms with Crippen molar-refractivity contribution in [2.75, 3.05) is 5.32 Å². The summed E-state index contributed by atoms with van der Waals surface area (Å²) >= 11 is 3.36. The number of anilines is 2. The fraction of sp³-hybridized carbons (Fsp3) is 0. The van der Waals surface area contributed by atoms with E-state index in [1.807, 2.05) is 28.9 Å². The molecule has 92 valence electrons. The molecule has 0 unspecified atom stereocenters. The standard InChI is InChI=1S/C13H8BrN5/c1-15-9-2-4-10(5-3-9)17-12-13-16-6-7-19(13)8-11(14)18-12/h2-8H,(H,17,18). The molecule has 0 saturated carbocycles. The summed E-state index contributed by atoms with van der Waals surface area (Å²) in [6.45, 7) is 6.92. The van der Waals surface area contributed by atoms with Crippen molar-refractivity contribution in [2.45, 2.75) is 0 Å². The number of fused-ring (bicyclic) bond motifs is 1. The van der Waals surface area contributed by atoms with Gasteiger partial charge in [-0.15, -0.1) is 0 Å². The number of benzene rings is 1. The minimum atomic E-state index is 0.610. The molecule has 0 fully saturated rings. The summed E-state index contributed by atoms with van der Waals surface area (Å²) in [5, 5.41) is 3.20. The fourth-order valence-electron chi connectivity index (χ4n) is 1.74. The zero-order chi connectivity index (χ0) is 13.2. The number of nitrogens with one attached hydrogen (secondary N) is 1. The summed E-state index contributed by atoms with van der Waals surface area (Å²) in [5.41, 5.74) is 2.22. The Morgan fingerprint density at radius 2 is 2.05 bits per heavy atom. The first-order valence-corrected chi connectivity index (χ1v) is 6.29. The Hall–Kier alpha value is -2.39. The smallest absolute Gasteiger partial charge is 0.187 e. The molecular weight excluding hydrogens is 306 g/mol. The van der Waals surface area contributed by atoms with E-state index in [4.69, 9.17) is 6.57 Å². The highest BCUT2D eigenvalue weighted by Crippen LogP contribution is 2.23. The van der Waals surface area contributed by atoms with E-state index >= 15 is 0 Å². The van der Waals surface area contributed by atoms with Gasteiger partial charge in [0, 0.05) is 24.3 Å². The number of imidazole rings is 1. The molecule has 0 aliphatic carbocycles. The highest BCUT2D eigenvalue weighted by Gasteiger charge is 2.06. The van der Waals surface area contributed by atoms with Crippen molar-refractivity contribution in [1.82, 2.24) is 14.4 Å². The van der Waals surface area contributed by atoms with Gasteiger partial charge in [-0.3, -0.25) is 0 Å². The number of halogens is 1. The van der Waals surface area contributed by atoms with Gasteiger partial charge in [0.1, 0.15) is 4.60 Å². The van der Waals surface area contributed by atoms with Crippen molar-refractivity contribution in [3.05, 3.63) is 58.9 Å². The highest BCUT2D eigenvalue weighted by molar-refractivity contribution is 9.10. The van der Waals surface area contributed by atoms with Crippen molar-refractivity contribution < 1.29 is 0 Å². The molecule has 5 nitrogen and oxygen atoms in total. The maximum Gasteiger partial charge on any atom is 0.187 e. The summed E-state index contributed by atoms with van der Waals surface area (Å²) in [6, 6.07) is 7.21. The van der Waals surface area contributed by atoms with Crippen molar-refractivity contribution in [2.24, 2.45) is 0 Å². The van der Waals surface area contributed by atoms with Gasteiger partial charge in [0.25, 0.3) is 0 Å². The second-order valence-electron chi connectivity index (χ2n) is 3.85. The van der Waals surface area contributed by atoms with Crippen LogP contribution in [0.2, 0.25) is 0 Å². The lowest BCUT2D eigenvalue weighted by Gasteiger charge is -2.07. The molecule has 2 aromatic heterocycles. The Kier molecular flexibility index (Phi) is 2.89. The van der Waals surface area contributed by atoms with Crippen LogP contribution in [0, 0.1) is 6.57 Å². The lowest BCUT2D eigenvalue weighted by molar-refractivity contribution is 1.10. The molecule has 19 heavy (non-hydrogen) atoms. The molecule has 1 aromatic carbocycles. The Bertz CT molecular complexity index is 770. The van der Waals surface area contributed by atoms with Crippen LogP contribution >= 0.6 is 15.9 Å². The minimum absolute atomic E-state index is 0.610. The number of rotatable bonds is 2. The highest BCUT2D eigenvalue weighted by atomic mass is 79.9. The Labute approximate surface area is 117 Å². The summed E-state index contributed by atoms with van der Waals surface area (Å²) in [6.07, 6.45) is 5.42. The van der Waals surface area contributed by atoms with E-state index in [-0.39, 0.29) is 0 Å². The van der Waals surface area contributed by atoms with E-state index in [0.717, 1.165) is 15.9 Å². The summed E-state index contributed by atoms with van der Waals surface area (Å²) in [4.78, 5) is 12.0. The third kappa shape index (κ3) is 2.28. The van der Waals surface area contributed by atoms with Gasteiger partial charge >= 0.3 is 0 Å². The van der Waals surface area contributed by atoms with E-state index in [1.54, 1.807) is 18.3 Å². The van der Waals surface area contributed by atoms with Crippen LogP contribution in [0.3, 0.4) is 0 Å². The van der Waals surface area contributed by atoms with Crippen LogP contribution < -0.4 is 5.32 Å². The van der Waals surface area contributed by atoms with Crippen LogP contribution in [0.15, 0.2) is 47.5 Å². The first-order valence-electron chi connectivity index (χ1n) is 5.50. The SMILES string of the molecule is [C-]#[N+]c1ccc(Nc2nc(Br)cn3ccnc23)cc1. The molecule has 0 saturated heterocycles. The number of hydrogen-bond donors (Lipinski definition) is 1. The lowest BCUT2D eigenvalue weighted by atomic mass is 10.3. The fourth-order valence-corrected chi connectivity index (χ4v) is 2.14. The van der Waals surface area contributed by atoms with Gasteiger partial charge < -0.3 is 9.72 Å². The maximum absolute atomic E-state index is 6.92. The van der Waals surface area contributed by atoms with Gasteiger partial charge in [0.2, 0.25) is 0 Å². The predicted molar refractivity (Wildman–Crippen MR) is 76.7 cm³/mol. The van der Waals surface area contributed by atoms with Crippen molar-refractivity contribution >= 4 is 38.8 Å². The number of nitrogens with zero attached hydrogens (tertiary/aromatic N) is 4. The third-order valence-corrected chi connectivity index (χ3v) is 2.99. The second-order valence-corrected chi connectivity index (χ2v) is 4.67. The molecule has 0 aliphatic heterocycles. The van der Waals surface area contributed by atoms with Crippen molar-refractivity contribution in [1.29, 1.82) is 0 Å². The molecular formula is C13H8BrN5. The molecule has 1 N–H and O–H groups in total. The quantitative estimate of drug-likeness (QED) is 0.732. The largest absolute Gasteiger partial charge is 0.337 e. The Morgan fingerprint density at radius 3 is 2.79 bits per heavy atom. The summed E-state index contributed by atoms with van der Waals surface area (Å²) in [5.74, 6) is 0.662. The van der Waals surface area contributed by atoms with E-state index in [2.05, 4.69) is 36.1 Å². The zero-order valence-corrected chi connectivity index (χ0v) is 11.3.